The predicted molar refractivity (Wildman–Crippen MR) is 178 cm³/mol. The molecule has 3 aromatic carbocycles. The van der Waals surface area contributed by atoms with Crippen LogP contribution in [0.25, 0.3) is 5.69 Å². The molecule has 0 aliphatic carbocycles. The largest absolute Gasteiger partial charge is 0.497 e. The molecular formula is C34H37N7O6S. The number of hydrogen-bond acceptors (Lipinski definition) is 10. The molecule has 0 amide bonds. The quantitative estimate of drug-likeness (QED) is 0.166. The average Bonchev–Trinajstić information content (AvgIpc) is 3.47. The maximum atomic E-state index is 13.3. The van der Waals surface area contributed by atoms with Gasteiger partial charge < -0.3 is 14.7 Å². The van der Waals surface area contributed by atoms with Gasteiger partial charge in [-0.2, -0.15) is 14.4 Å². The van der Waals surface area contributed by atoms with E-state index >= 15 is 0 Å². The van der Waals surface area contributed by atoms with Crippen molar-refractivity contribution in [1.29, 1.82) is 0 Å². The number of rotatable bonds is 14. The fourth-order valence-corrected chi connectivity index (χ4v) is 6.64. The van der Waals surface area contributed by atoms with Crippen molar-refractivity contribution in [2.75, 3.05) is 24.9 Å². The lowest BCUT2D eigenvalue weighted by Crippen LogP contribution is -2.36. The predicted octanol–water partition coefficient (Wildman–Crippen LogP) is 3.89. The molecule has 0 unspecified atom stereocenters. The number of sulfonamides is 1. The highest BCUT2D eigenvalue weighted by Gasteiger charge is 2.24. The lowest BCUT2D eigenvalue weighted by atomic mass is 10.0. The summed E-state index contributed by atoms with van der Waals surface area (Å²) in [6.45, 7) is 1.19. The van der Waals surface area contributed by atoms with Crippen LogP contribution >= 0.6 is 0 Å². The molecule has 3 heterocycles. The molecule has 0 fully saturated rings. The van der Waals surface area contributed by atoms with Crippen molar-refractivity contribution in [1.82, 2.24) is 29.8 Å². The third-order valence-electron chi connectivity index (χ3n) is 8.17. The maximum Gasteiger partial charge on any atom is 0.368 e. The van der Waals surface area contributed by atoms with Gasteiger partial charge in [0, 0.05) is 31.2 Å². The number of hydrogen-bond donors (Lipinski definition) is 2. The summed E-state index contributed by atoms with van der Waals surface area (Å²) < 4.78 is 42.9. The van der Waals surface area contributed by atoms with E-state index in [9.17, 15) is 18.4 Å². The lowest BCUT2D eigenvalue weighted by Gasteiger charge is -2.29. The number of tetrazole rings is 1. The van der Waals surface area contributed by atoms with Gasteiger partial charge in [0.15, 0.2) is 0 Å². The van der Waals surface area contributed by atoms with Crippen LogP contribution in [0.2, 0.25) is 0 Å². The summed E-state index contributed by atoms with van der Waals surface area (Å²) in [5.74, 6) is 1.40. The summed E-state index contributed by atoms with van der Waals surface area (Å²) in [4.78, 5) is 17.1. The van der Waals surface area contributed by atoms with E-state index in [4.69, 9.17) is 9.47 Å². The molecule has 0 spiro atoms. The first-order chi connectivity index (χ1) is 23.3. The maximum absolute atomic E-state index is 13.3. The third-order valence-corrected chi connectivity index (χ3v) is 9.54. The number of nitrogens with zero attached hydrogens (tertiary/aromatic N) is 6. The molecule has 0 saturated heterocycles. The molecule has 5 aromatic rings. The Kier molecular flexibility index (Phi) is 10.1. The smallest absolute Gasteiger partial charge is 0.368 e. The fraction of sp³-hybridized carbons (Fsp3) is 0.294. The van der Waals surface area contributed by atoms with Gasteiger partial charge in [0.1, 0.15) is 17.6 Å². The first-order valence-electron chi connectivity index (χ1n) is 15.7. The Morgan fingerprint density at radius 2 is 1.83 bits per heavy atom. The molecule has 0 radical (unpaired) electrons. The van der Waals surface area contributed by atoms with Gasteiger partial charge in [-0.3, -0.25) is 9.71 Å². The number of aryl methyl sites for hydroxylation is 3. The minimum absolute atomic E-state index is 0.112. The van der Waals surface area contributed by atoms with Crippen LogP contribution in [0.15, 0.2) is 101 Å². The molecule has 250 valence electrons. The SMILES string of the molecule is COc1ccc(CCCn2nnn(-c3ccc(NS(=O)(=O)c4ccc5c(c4)CC[C@H](CN(O)CCc4cccnc4)O5)cc3)c2=O)cc1. The second-order valence-corrected chi connectivity index (χ2v) is 13.3. The lowest BCUT2D eigenvalue weighted by molar-refractivity contribution is -0.110. The minimum atomic E-state index is -3.90. The Balaban J connectivity index is 1.02. The number of anilines is 1. The van der Waals surface area contributed by atoms with Crippen LogP contribution in [0.4, 0.5) is 5.69 Å². The molecule has 6 rings (SSSR count). The number of nitrogens with one attached hydrogen (secondary N) is 1. The highest BCUT2D eigenvalue weighted by Crippen LogP contribution is 2.31. The zero-order chi connectivity index (χ0) is 33.5. The number of aromatic nitrogens is 5. The number of methoxy groups -OCH3 is 1. The van der Waals surface area contributed by atoms with Crippen molar-refractivity contribution in [3.8, 4) is 17.2 Å². The number of hydroxylamine groups is 2. The number of ether oxygens (including phenoxy) is 2. The molecule has 0 saturated carbocycles. The summed E-state index contributed by atoms with van der Waals surface area (Å²) in [7, 11) is -2.27. The Bertz CT molecular complexity index is 1980. The van der Waals surface area contributed by atoms with Crippen molar-refractivity contribution in [3.63, 3.8) is 0 Å². The molecular weight excluding hydrogens is 634 g/mol. The van der Waals surface area contributed by atoms with Gasteiger partial charge in [-0.1, -0.05) is 18.2 Å². The molecule has 13 nitrogen and oxygen atoms in total. The standard InChI is InChI=1S/C34H37N7O6S/c1-46-30-13-6-25(7-14-30)5-3-20-40-34(42)41(38-37-40)29-11-9-28(10-12-29)36-48(44,45)32-16-17-33-27(22-32)8-15-31(47-33)24-39(43)21-18-26-4-2-19-35-23-26/h2,4,6-7,9-14,16-17,19,22-23,31,36,43H,3,5,8,15,18,20-21,24H2,1H3/t31-/m1/s1. The monoisotopic (exact) mass is 671 g/mol. The van der Waals surface area contributed by atoms with Crippen LogP contribution in [0.3, 0.4) is 0 Å². The van der Waals surface area contributed by atoms with E-state index in [2.05, 4.69) is 20.1 Å². The Morgan fingerprint density at radius 1 is 1.02 bits per heavy atom. The van der Waals surface area contributed by atoms with Gasteiger partial charge >= 0.3 is 5.69 Å². The van der Waals surface area contributed by atoms with Gasteiger partial charge in [0.2, 0.25) is 0 Å². The van der Waals surface area contributed by atoms with E-state index in [0.29, 0.717) is 62.4 Å². The van der Waals surface area contributed by atoms with E-state index in [-0.39, 0.29) is 16.7 Å². The number of fused-ring (bicyclic) bond motifs is 1. The molecule has 48 heavy (non-hydrogen) atoms. The highest BCUT2D eigenvalue weighted by molar-refractivity contribution is 7.92. The molecule has 2 aromatic heterocycles. The van der Waals surface area contributed by atoms with Crippen LogP contribution in [0, 0.1) is 0 Å². The fourth-order valence-electron chi connectivity index (χ4n) is 5.53. The summed E-state index contributed by atoms with van der Waals surface area (Å²) >= 11 is 0. The summed E-state index contributed by atoms with van der Waals surface area (Å²) in [5, 5.41) is 19.7. The van der Waals surface area contributed by atoms with Crippen molar-refractivity contribution < 1.29 is 23.1 Å². The number of benzene rings is 3. The van der Waals surface area contributed by atoms with Crippen LogP contribution in [0.1, 0.15) is 29.5 Å². The van der Waals surface area contributed by atoms with Crippen LogP contribution in [-0.4, -0.2) is 69.8 Å². The van der Waals surface area contributed by atoms with E-state index < -0.39 is 10.0 Å². The van der Waals surface area contributed by atoms with E-state index in [0.717, 1.165) is 28.9 Å². The van der Waals surface area contributed by atoms with E-state index in [1.54, 1.807) is 55.9 Å². The molecule has 1 aliphatic rings. The highest BCUT2D eigenvalue weighted by atomic mass is 32.2. The average molecular weight is 672 g/mol. The first-order valence-corrected chi connectivity index (χ1v) is 17.2. The Labute approximate surface area is 278 Å². The second-order valence-electron chi connectivity index (χ2n) is 11.6. The van der Waals surface area contributed by atoms with E-state index in [1.165, 1.54) is 20.5 Å². The summed E-state index contributed by atoms with van der Waals surface area (Å²) in [5.41, 5.74) is 3.37. The van der Waals surface area contributed by atoms with Gasteiger partial charge in [-0.05, 0) is 120 Å². The second kappa shape index (κ2) is 14.8. The molecule has 14 heteroatoms. The van der Waals surface area contributed by atoms with Crippen molar-refractivity contribution in [3.05, 3.63) is 118 Å². The summed E-state index contributed by atoms with van der Waals surface area (Å²) in [6.07, 6.45) is 6.67. The van der Waals surface area contributed by atoms with Crippen molar-refractivity contribution >= 4 is 15.7 Å². The normalized spacial score (nSPS) is 14.4. The zero-order valence-electron chi connectivity index (χ0n) is 26.5. The zero-order valence-corrected chi connectivity index (χ0v) is 27.3. The van der Waals surface area contributed by atoms with Crippen LogP contribution in [-0.2, 0) is 35.8 Å². The van der Waals surface area contributed by atoms with Gasteiger partial charge in [0.25, 0.3) is 10.0 Å². The molecule has 1 aliphatic heterocycles. The number of pyridine rings is 1. The van der Waals surface area contributed by atoms with Crippen molar-refractivity contribution in [2.45, 2.75) is 49.6 Å². The first kappa shape index (κ1) is 32.9. The molecule has 1 atom stereocenters. The Hall–Kier alpha value is -5.05. The minimum Gasteiger partial charge on any atom is -0.497 e. The van der Waals surface area contributed by atoms with Crippen LogP contribution < -0.4 is 19.9 Å². The summed E-state index contributed by atoms with van der Waals surface area (Å²) in [6, 6.07) is 22.8. The van der Waals surface area contributed by atoms with Gasteiger partial charge in [-0.25, -0.2) is 13.2 Å². The third kappa shape index (κ3) is 8.08. The van der Waals surface area contributed by atoms with Crippen molar-refractivity contribution in [2.24, 2.45) is 0 Å². The topological polar surface area (TPSA) is 154 Å². The van der Waals surface area contributed by atoms with E-state index in [1.807, 2.05) is 36.4 Å². The van der Waals surface area contributed by atoms with Gasteiger partial charge in [-0.15, -0.1) is 0 Å². The Morgan fingerprint density at radius 3 is 2.58 bits per heavy atom. The molecule has 2 N–H and O–H groups in total. The van der Waals surface area contributed by atoms with Gasteiger partial charge in [0.05, 0.1) is 24.2 Å². The van der Waals surface area contributed by atoms with Crippen LogP contribution in [0.5, 0.6) is 11.5 Å². The molecule has 0 bridgehead atoms.